The zero-order valence-electron chi connectivity index (χ0n) is 12.3. The number of carbonyl (C=O) groups excluding carboxylic acids is 2. The molecule has 2 aromatic carbocycles. The van der Waals surface area contributed by atoms with Gasteiger partial charge < -0.3 is 15.2 Å². The highest BCUT2D eigenvalue weighted by Crippen LogP contribution is 2.15. The van der Waals surface area contributed by atoms with E-state index in [0.29, 0.717) is 11.3 Å². The Labute approximate surface area is 132 Å². The van der Waals surface area contributed by atoms with E-state index in [4.69, 9.17) is 10.00 Å². The average molecular weight is 310 g/mol. The van der Waals surface area contributed by atoms with Gasteiger partial charge in [0.15, 0.2) is 6.10 Å². The first-order valence-corrected chi connectivity index (χ1v) is 6.81. The first kappa shape index (κ1) is 16.0. The number of nitrogens with one attached hydrogen (secondary N) is 1. The lowest BCUT2D eigenvalue weighted by atomic mass is 10.2. The lowest BCUT2D eigenvalue weighted by Crippen LogP contribution is -2.30. The minimum Gasteiger partial charge on any atom is -0.508 e. The maximum Gasteiger partial charge on any atom is 0.339 e. The van der Waals surface area contributed by atoms with Gasteiger partial charge in [-0.2, -0.15) is 5.26 Å². The zero-order chi connectivity index (χ0) is 16.8. The van der Waals surface area contributed by atoms with E-state index in [0.717, 1.165) is 0 Å². The van der Waals surface area contributed by atoms with Crippen molar-refractivity contribution >= 4 is 17.6 Å². The third-order valence-electron chi connectivity index (χ3n) is 3.04. The van der Waals surface area contributed by atoms with Crippen LogP contribution in [0.25, 0.3) is 0 Å². The Balaban J connectivity index is 2.03. The summed E-state index contributed by atoms with van der Waals surface area (Å²) < 4.78 is 5.05. The van der Waals surface area contributed by atoms with Gasteiger partial charge >= 0.3 is 5.97 Å². The van der Waals surface area contributed by atoms with Gasteiger partial charge in [-0.15, -0.1) is 0 Å². The largest absolute Gasteiger partial charge is 0.508 e. The Morgan fingerprint density at radius 1 is 1.22 bits per heavy atom. The first-order chi connectivity index (χ1) is 11.0. The number of phenolic OH excluding ortho intramolecular Hbond substituents is 1. The Hall–Kier alpha value is -3.33. The summed E-state index contributed by atoms with van der Waals surface area (Å²) in [7, 11) is 0. The summed E-state index contributed by atoms with van der Waals surface area (Å²) in [6, 6.07) is 14.1. The molecule has 0 saturated carbocycles. The fourth-order valence-electron chi connectivity index (χ4n) is 1.84. The number of nitriles is 1. The van der Waals surface area contributed by atoms with Crippen molar-refractivity contribution in [3.8, 4) is 11.8 Å². The van der Waals surface area contributed by atoms with Gasteiger partial charge in [0.25, 0.3) is 5.91 Å². The summed E-state index contributed by atoms with van der Waals surface area (Å²) >= 11 is 0. The second kappa shape index (κ2) is 7.09. The molecule has 116 valence electrons. The van der Waals surface area contributed by atoms with Crippen LogP contribution in [-0.4, -0.2) is 23.1 Å². The van der Waals surface area contributed by atoms with E-state index in [-0.39, 0.29) is 11.3 Å². The van der Waals surface area contributed by atoms with E-state index < -0.39 is 18.0 Å². The summed E-state index contributed by atoms with van der Waals surface area (Å²) in [5.41, 5.74) is 0.801. The summed E-state index contributed by atoms with van der Waals surface area (Å²) in [6.45, 7) is 1.42. The standard InChI is InChI=1S/C17H14N2O4/c1-11(23-17(22)12-6-4-7-14(20)9-12)16(21)19-15-8-3-2-5-13(15)10-18/h2-9,11,20H,1H3,(H,19,21)/t11-/m0/s1. The maximum atomic E-state index is 12.1. The summed E-state index contributed by atoms with van der Waals surface area (Å²) in [5.74, 6) is -1.35. The molecule has 0 saturated heterocycles. The van der Waals surface area contributed by atoms with Gasteiger partial charge in [0, 0.05) is 0 Å². The molecule has 2 rings (SSSR count). The number of phenols is 1. The van der Waals surface area contributed by atoms with Crippen molar-refractivity contribution in [1.29, 1.82) is 5.26 Å². The Bertz CT molecular complexity index is 780. The number of hydrogen-bond donors (Lipinski definition) is 2. The van der Waals surface area contributed by atoms with E-state index in [2.05, 4.69) is 5.32 Å². The van der Waals surface area contributed by atoms with Crippen molar-refractivity contribution in [2.75, 3.05) is 5.32 Å². The Morgan fingerprint density at radius 2 is 1.96 bits per heavy atom. The van der Waals surface area contributed by atoms with Crippen LogP contribution in [0.3, 0.4) is 0 Å². The van der Waals surface area contributed by atoms with Crippen LogP contribution in [0.1, 0.15) is 22.8 Å². The first-order valence-electron chi connectivity index (χ1n) is 6.81. The molecule has 0 spiro atoms. The molecular weight excluding hydrogens is 296 g/mol. The number of benzene rings is 2. The van der Waals surface area contributed by atoms with Gasteiger partial charge in [-0.05, 0) is 37.3 Å². The van der Waals surface area contributed by atoms with E-state index >= 15 is 0 Å². The highest BCUT2D eigenvalue weighted by atomic mass is 16.5. The minimum atomic E-state index is -1.06. The molecule has 0 unspecified atom stereocenters. The van der Waals surface area contributed by atoms with E-state index in [1.165, 1.54) is 31.2 Å². The monoisotopic (exact) mass is 310 g/mol. The normalized spacial score (nSPS) is 11.1. The fraction of sp³-hybridized carbons (Fsp3) is 0.118. The van der Waals surface area contributed by atoms with Crippen molar-refractivity contribution in [3.05, 3.63) is 59.7 Å². The molecular formula is C17H14N2O4. The quantitative estimate of drug-likeness (QED) is 0.845. The van der Waals surface area contributed by atoms with Gasteiger partial charge in [0.1, 0.15) is 11.8 Å². The van der Waals surface area contributed by atoms with Crippen LogP contribution in [0.5, 0.6) is 5.75 Å². The van der Waals surface area contributed by atoms with Crippen molar-refractivity contribution in [2.24, 2.45) is 0 Å². The topological polar surface area (TPSA) is 99.4 Å². The molecule has 0 aliphatic rings. The van der Waals surface area contributed by atoms with Crippen molar-refractivity contribution in [2.45, 2.75) is 13.0 Å². The number of amides is 1. The molecule has 0 aliphatic heterocycles. The predicted molar refractivity (Wildman–Crippen MR) is 82.8 cm³/mol. The number of rotatable bonds is 4. The summed E-state index contributed by atoms with van der Waals surface area (Å²) in [5, 5.41) is 20.9. The number of hydrogen-bond acceptors (Lipinski definition) is 5. The molecule has 0 aromatic heterocycles. The molecule has 0 radical (unpaired) electrons. The van der Waals surface area contributed by atoms with Crippen LogP contribution >= 0.6 is 0 Å². The number of anilines is 1. The third kappa shape index (κ3) is 4.08. The molecule has 0 fully saturated rings. The summed E-state index contributed by atoms with van der Waals surface area (Å²) in [4.78, 5) is 24.0. The SMILES string of the molecule is C[C@H](OC(=O)c1cccc(O)c1)C(=O)Nc1ccccc1C#N. The molecule has 0 heterocycles. The van der Waals surface area contributed by atoms with Crippen molar-refractivity contribution in [1.82, 2.24) is 0 Å². The minimum absolute atomic E-state index is 0.0699. The van der Waals surface area contributed by atoms with E-state index in [9.17, 15) is 14.7 Å². The lowest BCUT2D eigenvalue weighted by Gasteiger charge is -2.14. The molecule has 6 nitrogen and oxygen atoms in total. The zero-order valence-corrected chi connectivity index (χ0v) is 12.3. The lowest BCUT2D eigenvalue weighted by molar-refractivity contribution is -0.123. The second-order valence-corrected chi connectivity index (χ2v) is 4.74. The van der Waals surface area contributed by atoms with Crippen LogP contribution in [0, 0.1) is 11.3 Å². The van der Waals surface area contributed by atoms with Gasteiger partial charge in [0.05, 0.1) is 16.8 Å². The van der Waals surface area contributed by atoms with Gasteiger partial charge in [-0.3, -0.25) is 4.79 Å². The second-order valence-electron chi connectivity index (χ2n) is 4.74. The van der Waals surface area contributed by atoms with Gasteiger partial charge in [0.2, 0.25) is 0 Å². The van der Waals surface area contributed by atoms with Crippen LogP contribution in [-0.2, 0) is 9.53 Å². The highest BCUT2D eigenvalue weighted by Gasteiger charge is 2.20. The van der Waals surface area contributed by atoms with E-state index in [1.807, 2.05) is 6.07 Å². The predicted octanol–water partition coefficient (Wildman–Crippen LogP) is 2.45. The Kier molecular flexibility index (Phi) is 4.95. The molecule has 1 amide bonds. The number of aromatic hydroxyl groups is 1. The molecule has 0 aliphatic carbocycles. The molecule has 2 aromatic rings. The number of ether oxygens (including phenoxy) is 1. The molecule has 23 heavy (non-hydrogen) atoms. The number of esters is 1. The fourth-order valence-corrected chi connectivity index (χ4v) is 1.84. The molecule has 6 heteroatoms. The maximum absolute atomic E-state index is 12.1. The van der Waals surface area contributed by atoms with Crippen LogP contribution < -0.4 is 5.32 Å². The Morgan fingerprint density at radius 3 is 2.65 bits per heavy atom. The highest BCUT2D eigenvalue weighted by molar-refractivity contribution is 5.98. The smallest absolute Gasteiger partial charge is 0.339 e. The van der Waals surface area contributed by atoms with Gasteiger partial charge in [-0.1, -0.05) is 18.2 Å². The number of carbonyl (C=O) groups is 2. The van der Waals surface area contributed by atoms with Crippen molar-refractivity contribution < 1.29 is 19.4 Å². The molecule has 0 bridgehead atoms. The van der Waals surface area contributed by atoms with Crippen molar-refractivity contribution in [3.63, 3.8) is 0 Å². The number of nitrogens with zero attached hydrogens (tertiary/aromatic N) is 1. The van der Waals surface area contributed by atoms with Crippen LogP contribution in [0.2, 0.25) is 0 Å². The van der Waals surface area contributed by atoms with E-state index in [1.54, 1.807) is 24.3 Å². The average Bonchev–Trinajstić information content (AvgIpc) is 2.55. The summed E-state index contributed by atoms with van der Waals surface area (Å²) in [6.07, 6.45) is -1.06. The van der Waals surface area contributed by atoms with Crippen LogP contribution in [0.4, 0.5) is 5.69 Å². The molecule has 1 atom stereocenters. The number of para-hydroxylation sites is 1. The molecule has 2 N–H and O–H groups in total. The third-order valence-corrected chi connectivity index (χ3v) is 3.04. The van der Waals surface area contributed by atoms with Crippen LogP contribution in [0.15, 0.2) is 48.5 Å². The van der Waals surface area contributed by atoms with Gasteiger partial charge in [-0.25, -0.2) is 4.79 Å².